The van der Waals surface area contributed by atoms with Crippen LogP contribution in [0.25, 0.3) is 0 Å². The van der Waals surface area contributed by atoms with Crippen LogP contribution in [0.3, 0.4) is 0 Å². The van der Waals surface area contributed by atoms with Crippen molar-refractivity contribution in [3.8, 4) is 0 Å². The Morgan fingerprint density at radius 2 is 1.93 bits per heavy atom. The van der Waals surface area contributed by atoms with E-state index in [0.717, 1.165) is 19.0 Å². The van der Waals surface area contributed by atoms with Gasteiger partial charge in [-0.3, -0.25) is 9.69 Å². The smallest absolute Gasteiger partial charge is 0.319 e. The molecule has 3 nitrogen and oxygen atoms in total. The predicted octanol–water partition coefficient (Wildman–Crippen LogP) is 2.03. The van der Waals surface area contributed by atoms with Gasteiger partial charge in [-0.15, -0.1) is 11.8 Å². The molecule has 0 atom stereocenters. The fourth-order valence-corrected chi connectivity index (χ4v) is 2.29. The van der Waals surface area contributed by atoms with E-state index < -0.39 is 10.7 Å². The van der Waals surface area contributed by atoms with Gasteiger partial charge in [0.1, 0.15) is 4.75 Å². The van der Waals surface area contributed by atoms with Gasteiger partial charge in [-0.05, 0) is 39.8 Å². The number of hydrogen-bond donors (Lipinski definition) is 1. The lowest BCUT2D eigenvalue weighted by Crippen LogP contribution is -2.34. The Morgan fingerprint density at radius 3 is 2.43 bits per heavy atom. The first kappa shape index (κ1) is 11.9. The van der Waals surface area contributed by atoms with Crippen molar-refractivity contribution in [1.82, 2.24) is 4.90 Å². The summed E-state index contributed by atoms with van der Waals surface area (Å²) in [6.07, 6.45) is 3.84. The molecule has 0 saturated carbocycles. The van der Waals surface area contributed by atoms with E-state index in [1.54, 1.807) is 13.8 Å². The minimum atomic E-state index is -0.723. The van der Waals surface area contributed by atoms with Crippen LogP contribution in [0, 0.1) is 0 Å². The van der Waals surface area contributed by atoms with E-state index in [-0.39, 0.29) is 0 Å². The predicted molar refractivity (Wildman–Crippen MR) is 59.6 cm³/mol. The molecule has 0 unspecified atom stereocenters. The Labute approximate surface area is 89.9 Å². The summed E-state index contributed by atoms with van der Waals surface area (Å²) in [7, 11) is 0. The molecule has 0 aromatic carbocycles. The van der Waals surface area contributed by atoms with Crippen molar-refractivity contribution in [2.75, 3.05) is 19.0 Å². The highest BCUT2D eigenvalue weighted by Gasteiger charge is 2.28. The molecule has 1 N–H and O–H groups in total. The molecule has 4 heteroatoms. The second-order valence-electron chi connectivity index (χ2n) is 4.27. The summed E-state index contributed by atoms with van der Waals surface area (Å²) in [6.45, 7) is 5.79. The molecular formula is C10H19NO2S. The lowest BCUT2D eigenvalue weighted by atomic mass is 10.1. The van der Waals surface area contributed by atoms with Crippen molar-refractivity contribution in [2.45, 2.75) is 37.9 Å². The van der Waals surface area contributed by atoms with Gasteiger partial charge in [0.15, 0.2) is 0 Å². The fraction of sp³-hybridized carbons (Fsp3) is 0.900. The number of thioether (sulfide) groups is 1. The second kappa shape index (κ2) is 5.03. The minimum Gasteiger partial charge on any atom is -0.480 e. The van der Waals surface area contributed by atoms with Crippen LogP contribution in [0.15, 0.2) is 0 Å². The highest BCUT2D eigenvalue weighted by atomic mass is 32.2. The molecule has 1 aliphatic heterocycles. The zero-order valence-corrected chi connectivity index (χ0v) is 9.77. The van der Waals surface area contributed by atoms with Gasteiger partial charge in [-0.1, -0.05) is 6.42 Å². The Bertz CT molecular complexity index is 200. The summed E-state index contributed by atoms with van der Waals surface area (Å²) >= 11 is 1.52. The van der Waals surface area contributed by atoms with Gasteiger partial charge in [-0.2, -0.15) is 0 Å². The molecule has 0 aromatic heterocycles. The Morgan fingerprint density at radius 1 is 1.36 bits per heavy atom. The quantitative estimate of drug-likeness (QED) is 0.782. The zero-order chi connectivity index (χ0) is 10.6. The third kappa shape index (κ3) is 3.50. The maximum atomic E-state index is 10.9. The number of rotatable bonds is 4. The van der Waals surface area contributed by atoms with E-state index >= 15 is 0 Å². The van der Waals surface area contributed by atoms with E-state index in [1.807, 2.05) is 0 Å². The Kier molecular flexibility index (Phi) is 4.26. The van der Waals surface area contributed by atoms with E-state index in [0.29, 0.717) is 0 Å². The lowest BCUT2D eigenvalue weighted by Gasteiger charge is -2.29. The first-order chi connectivity index (χ1) is 6.52. The standard InChI is InChI=1S/C10H19NO2S/c1-10(2,9(12)13)14-8-11-6-4-3-5-7-11/h3-8H2,1-2H3,(H,12,13). The number of aliphatic carboxylic acids is 1. The number of carboxylic acids is 1. The van der Waals surface area contributed by atoms with Gasteiger partial charge in [0.2, 0.25) is 0 Å². The molecule has 1 fully saturated rings. The largest absolute Gasteiger partial charge is 0.480 e. The second-order valence-corrected chi connectivity index (χ2v) is 5.84. The topological polar surface area (TPSA) is 40.5 Å². The van der Waals surface area contributed by atoms with Crippen molar-refractivity contribution in [1.29, 1.82) is 0 Å². The van der Waals surface area contributed by atoms with E-state index in [9.17, 15) is 4.79 Å². The summed E-state index contributed by atoms with van der Waals surface area (Å²) in [5.41, 5.74) is 0. The number of carboxylic acid groups (broad SMARTS) is 1. The van der Waals surface area contributed by atoms with Crippen LogP contribution in [0.2, 0.25) is 0 Å². The molecule has 1 saturated heterocycles. The molecule has 82 valence electrons. The highest BCUT2D eigenvalue weighted by molar-refractivity contribution is 8.01. The first-order valence-electron chi connectivity index (χ1n) is 5.12. The van der Waals surface area contributed by atoms with Gasteiger partial charge in [0.05, 0.1) is 0 Å². The van der Waals surface area contributed by atoms with Crippen LogP contribution in [0.4, 0.5) is 0 Å². The fourth-order valence-electron chi connectivity index (χ4n) is 1.40. The van der Waals surface area contributed by atoms with Crippen LogP contribution in [-0.4, -0.2) is 39.7 Å². The van der Waals surface area contributed by atoms with Crippen molar-refractivity contribution in [2.24, 2.45) is 0 Å². The molecule has 1 rings (SSSR count). The zero-order valence-electron chi connectivity index (χ0n) is 8.95. The van der Waals surface area contributed by atoms with Crippen LogP contribution >= 0.6 is 11.8 Å². The monoisotopic (exact) mass is 217 g/mol. The summed E-state index contributed by atoms with van der Waals surface area (Å²) in [4.78, 5) is 13.2. The minimum absolute atomic E-state index is 0.655. The molecule has 14 heavy (non-hydrogen) atoms. The van der Waals surface area contributed by atoms with Crippen molar-refractivity contribution >= 4 is 17.7 Å². The summed E-state index contributed by atoms with van der Waals surface area (Å²) in [6, 6.07) is 0. The molecule has 0 radical (unpaired) electrons. The summed E-state index contributed by atoms with van der Waals surface area (Å²) < 4.78 is -0.655. The molecule has 1 aliphatic rings. The molecular weight excluding hydrogens is 198 g/mol. The average molecular weight is 217 g/mol. The van der Waals surface area contributed by atoms with Crippen LogP contribution in [0.5, 0.6) is 0 Å². The number of hydrogen-bond acceptors (Lipinski definition) is 3. The van der Waals surface area contributed by atoms with E-state index in [2.05, 4.69) is 4.90 Å². The van der Waals surface area contributed by atoms with Crippen molar-refractivity contribution < 1.29 is 9.90 Å². The van der Waals surface area contributed by atoms with Gasteiger partial charge in [-0.25, -0.2) is 0 Å². The van der Waals surface area contributed by atoms with Crippen LogP contribution in [-0.2, 0) is 4.79 Å². The van der Waals surface area contributed by atoms with Gasteiger partial charge < -0.3 is 5.11 Å². The lowest BCUT2D eigenvalue weighted by molar-refractivity contribution is -0.138. The summed E-state index contributed by atoms with van der Waals surface area (Å²) in [5.74, 6) is 0.124. The number of nitrogens with zero attached hydrogens (tertiary/aromatic N) is 1. The Balaban J connectivity index is 2.28. The summed E-state index contributed by atoms with van der Waals surface area (Å²) in [5, 5.41) is 8.93. The van der Waals surface area contributed by atoms with Gasteiger partial charge in [0.25, 0.3) is 0 Å². The van der Waals surface area contributed by atoms with Crippen LogP contribution < -0.4 is 0 Å². The molecule has 0 aliphatic carbocycles. The van der Waals surface area contributed by atoms with Gasteiger partial charge >= 0.3 is 5.97 Å². The highest BCUT2D eigenvalue weighted by Crippen LogP contribution is 2.26. The van der Waals surface area contributed by atoms with E-state index in [1.165, 1.54) is 31.0 Å². The third-order valence-electron chi connectivity index (χ3n) is 2.57. The molecule has 0 bridgehead atoms. The van der Waals surface area contributed by atoms with Gasteiger partial charge in [0, 0.05) is 5.88 Å². The normalized spacial score (nSPS) is 19.6. The molecule has 0 spiro atoms. The molecule has 0 aromatic rings. The maximum absolute atomic E-state index is 10.9. The van der Waals surface area contributed by atoms with E-state index in [4.69, 9.17) is 5.11 Å². The SMILES string of the molecule is CC(C)(SCN1CCCCC1)C(=O)O. The number of carbonyl (C=O) groups is 1. The van der Waals surface area contributed by atoms with Crippen molar-refractivity contribution in [3.05, 3.63) is 0 Å². The first-order valence-corrected chi connectivity index (χ1v) is 6.10. The maximum Gasteiger partial charge on any atom is 0.319 e. The molecule has 1 heterocycles. The van der Waals surface area contributed by atoms with Crippen molar-refractivity contribution in [3.63, 3.8) is 0 Å². The number of likely N-dealkylation sites (tertiary alicyclic amines) is 1. The average Bonchev–Trinajstić information content (AvgIpc) is 2.16. The number of piperidine rings is 1. The Hall–Kier alpha value is -0.220. The van der Waals surface area contributed by atoms with Crippen LogP contribution in [0.1, 0.15) is 33.1 Å². The molecule has 0 amide bonds. The third-order valence-corrected chi connectivity index (χ3v) is 3.96.